The Bertz CT molecular complexity index is 380. The molecule has 1 aliphatic carbocycles. The van der Waals surface area contributed by atoms with Gasteiger partial charge in [-0.25, -0.2) is 0 Å². The van der Waals surface area contributed by atoms with E-state index in [9.17, 15) is 9.90 Å². The van der Waals surface area contributed by atoms with Gasteiger partial charge in [0, 0.05) is 19.4 Å². The van der Waals surface area contributed by atoms with Crippen LogP contribution < -0.4 is 0 Å². The van der Waals surface area contributed by atoms with Gasteiger partial charge in [0.1, 0.15) is 0 Å². The van der Waals surface area contributed by atoms with Gasteiger partial charge in [-0.3, -0.25) is 9.78 Å². The van der Waals surface area contributed by atoms with Crippen molar-refractivity contribution in [2.75, 3.05) is 7.05 Å². The van der Waals surface area contributed by atoms with Crippen LogP contribution in [0.4, 0.5) is 0 Å². The highest BCUT2D eigenvalue weighted by atomic mass is 16.3. The second kappa shape index (κ2) is 5.27. The highest BCUT2D eigenvalue weighted by molar-refractivity contribution is 5.93. The number of pyridine rings is 1. The molecule has 0 saturated heterocycles. The van der Waals surface area contributed by atoms with E-state index in [-0.39, 0.29) is 11.9 Å². The predicted molar refractivity (Wildman–Crippen MR) is 64.6 cm³/mol. The van der Waals surface area contributed by atoms with Gasteiger partial charge in [-0.1, -0.05) is 12.8 Å². The highest BCUT2D eigenvalue weighted by Gasteiger charge is 2.29. The molecule has 1 fully saturated rings. The quantitative estimate of drug-likeness (QED) is 0.842. The van der Waals surface area contributed by atoms with Crippen LogP contribution >= 0.6 is 0 Å². The van der Waals surface area contributed by atoms with Crippen molar-refractivity contribution >= 4 is 5.91 Å². The second-order valence-corrected chi connectivity index (χ2v) is 4.58. The summed E-state index contributed by atoms with van der Waals surface area (Å²) in [7, 11) is 1.76. The monoisotopic (exact) mass is 234 g/mol. The summed E-state index contributed by atoms with van der Waals surface area (Å²) >= 11 is 0. The Morgan fingerprint density at radius 3 is 2.88 bits per heavy atom. The average molecular weight is 234 g/mol. The van der Waals surface area contributed by atoms with Crippen LogP contribution in [0, 0.1) is 0 Å². The first-order valence-corrected chi connectivity index (χ1v) is 6.05. The van der Waals surface area contributed by atoms with Crippen molar-refractivity contribution in [1.82, 2.24) is 9.88 Å². The van der Waals surface area contributed by atoms with Gasteiger partial charge in [-0.2, -0.15) is 0 Å². The number of hydrogen-bond acceptors (Lipinski definition) is 3. The number of rotatable bonds is 2. The Balaban J connectivity index is 2.09. The summed E-state index contributed by atoms with van der Waals surface area (Å²) in [5.74, 6) is -0.0657. The number of carbonyl (C=O) groups excluding carboxylic acids is 1. The van der Waals surface area contributed by atoms with Crippen molar-refractivity contribution < 1.29 is 9.90 Å². The molecular formula is C13H18N2O2. The SMILES string of the molecule is CN(C(=O)c1cccnc1)[C@@H]1CCCC[C@H]1O. The third-order valence-electron chi connectivity index (χ3n) is 3.42. The molecule has 17 heavy (non-hydrogen) atoms. The summed E-state index contributed by atoms with van der Waals surface area (Å²) in [6.07, 6.45) is 6.60. The van der Waals surface area contributed by atoms with E-state index in [1.54, 1.807) is 36.5 Å². The zero-order valence-electron chi connectivity index (χ0n) is 10.0. The van der Waals surface area contributed by atoms with Crippen molar-refractivity contribution in [2.45, 2.75) is 37.8 Å². The van der Waals surface area contributed by atoms with E-state index < -0.39 is 6.10 Å². The molecule has 0 aromatic carbocycles. The number of aromatic nitrogens is 1. The highest BCUT2D eigenvalue weighted by Crippen LogP contribution is 2.23. The van der Waals surface area contributed by atoms with Gasteiger partial charge in [-0.05, 0) is 25.0 Å². The molecule has 4 heteroatoms. The number of hydrogen-bond donors (Lipinski definition) is 1. The van der Waals surface area contributed by atoms with Crippen molar-refractivity contribution in [1.29, 1.82) is 0 Å². The van der Waals surface area contributed by atoms with Crippen LogP contribution in [0.15, 0.2) is 24.5 Å². The Hall–Kier alpha value is -1.42. The Kier molecular flexibility index (Phi) is 3.74. The number of nitrogens with zero attached hydrogens (tertiary/aromatic N) is 2. The fraction of sp³-hybridized carbons (Fsp3) is 0.538. The van der Waals surface area contributed by atoms with Crippen LogP contribution in [0.2, 0.25) is 0 Å². The molecule has 1 aromatic heterocycles. The minimum Gasteiger partial charge on any atom is -0.391 e. The molecular weight excluding hydrogens is 216 g/mol. The van der Waals surface area contributed by atoms with E-state index in [0.717, 1.165) is 25.7 Å². The zero-order chi connectivity index (χ0) is 12.3. The standard InChI is InChI=1S/C13H18N2O2/c1-15(11-6-2-3-7-12(11)16)13(17)10-5-4-8-14-9-10/h4-5,8-9,11-12,16H,2-3,6-7H2,1H3/t11-,12-/m1/s1. The number of likely N-dealkylation sites (N-methyl/N-ethyl adjacent to an activating group) is 1. The molecule has 1 saturated carbocycles. The molecule has 0 aliphatic heterocycles. The van der Waals surface area contributed by atoms with Crippen molar-refractivity contribution in [3.05, 3.63) is 30.1 Å². The van der Waals surface area contributed by atoms with Gasteiger partial charge in [0.2, 0.25) is 0 Å². The van der Waals surface area contributed by atoms with Crippen LogP contribution in [0.5, 0.6) is 0 Å². The summed E-state index contributed by atoms with van der Waals surface area (Å²) in [5.41, 5.74) is 0.577. The average Bonchev–Trinajstić information content (AvgIpc) is 2.39. The van der Waals surface area contributed by atoms with E-state index >= 15 is 0 Å². The van der Waals surface area contributed by atoms with Gasteiger partial charge in [0.15, 0.2) is 0 Å². The molecule has 1 N–H and O–H groups in total. The maximum absolute atomic E-state index is 12.2. The smallest absolute Gasteiger partial charge is 0.255 e. The third-order valence-corrected chi connectivity index (χ3v) is 3.42. The van der Waals surface area contributed by atoms with Crippen LogP contribution in [-0.4, -0.2) is 40.1 Å². The first-order valence-electron chi connectivity index (χ1n) is 6.05. The van der Waals surface area contributed by atoms with E-state index in [1.165, 1.54) is 0 Å². The minimum absolute atomic E-state index is 0.0588. The molecule has 1 heterocycles. The lowest BCUT2D eigenvalue weighted by Gasteiger charge is -2.35. The third kappa shape index (κ3) is 2.64. The van der Waals surface area contributed by atoms with Crippen molar-refractivity contribution in [2.24, 2.45) is 0 Å². The molecule has 0 spiro atoms. The Morgan fingerprint density at radius 1 is 1.47 bits per heavy atom. The van der Waals surface area contributed by atoms with Gasteiger partial charge in [0.25, 0.3) is 5.91 Å². The molecule has 1 aliphatic rings. The lowest BCUT2D eigenvalue weighted by atomic mass is 9.91. The lowest BCUT2D eigenvalue weighted by molar-refractivity contribution is 0.0268. The van der Waals surface area contributed by atoms with Gasteiger partial charge >= 0.3 is 0 Å². The summed E-state index contributed by atoms with van der Waals surface area (Å²) in [6, 6.07) is 3.44. The van der Waals surface area contributed by atoms with Crippen molar-refractivity contribution in [3.63, 3.8) is 0 Å². The molecule has 92 valence electrons. The van der Waals surface area contributed by atoms with E-state index in [4.69, 9.17) is 0 Å². The first kappa shape index (κ1) is 12.0. The van der Waals surface area contributed by atoms with Crippen LogP contribution in [0.3, 0.4) is 0 Å². The van der Waals surface area contributed by atoms with Gasteiger partial charge in [0.05, 0.1) is 17.7 Å². The van der Waals surface area contributed by atoms with Crippen LogP contribution in [0.25, 0.3) is 0 Å². The summed E-state index contributed by atoms with van der Waals surface area (Å²) in [5, 5.41) is 9.93. The van der Waals surface area contributed by atoms with Gasteiger partial charge < -0.3 is 10.0 Å². The fourth-order valence-corrected chi connectivity index (χ4v) is 2.39. The largest absolute Gasteiger partial charge is 0.391 e. The molecule has 1 amide bonds. The predicted octanol–water partition coefficient (Wildman–Crippen LogP) is 1.46. The van der Waals surface area contributed by atoms with Crippen LogP contribution in [0.1, 0.15) is 36.0 Å². The van der Waals surface area contributed by atoms with E-state index in [1.807, 2.05) is 0 Å². The molecule has 0 bridgehead atoms. The Labute approximate surface area is 101 Å². The molecule has 0 radical (unpaired) electrons. The van der Waals surface area contributed by atoms with Crippen LogP contribution in [-0.2, 0) is 0 Å². The Morgan fingerprint density at radius 2 is 2.24 bits per heavy atom. The normalized spacial score (nSPS) is 24.4. The first-order chi connectivity index (χ1) is 8.20. The number of carbonyl (C=O) groups is 1. The van der Waals surface area contributed by atoms with E-state index in [0.29, 0.717) is 5.56 Å². The maximum atomic E-state index is 12.2. The summed E-state index contributed by atoms with van der Waals surface area (Å²) in [6.45, 7) is 0. The van der Waals surface area contributed by atoms with Crippen molar-refractivity contribution in [3.8, 4) is 0 Å². The molecule has 4 nitrogen and oxygen atoms in total. The second-order valence-electron chi connectivity index (χ2n) is 4.58. The number of amides is 1. The fourth-order valence-electron chi connectivity index (χ4n) is 2.39. The number of aliphatic hydroxyl groups excluding tert-OH is 1. The molecule has 1 aromatic rings. The zero-order valence-corrected chi connectivity index (χ0v) is 10.0. The van der Waals surface area contributed by atoms with E-state index in [2.05, 4.69) is 4.98 Å². The number of aliphatic hydroxyl groups is 1. The molecule has 2 atom stereocenters. The van der Waals surface area contributed by atoms with Gasteiger partial charge in [-0.15, -0.1) is 0 Å². The summed E-state index contributed by atoms with van der Waals surface area (Å²) in [4.78, 5) is 17.8. The lowest BCUT2D eigenvalue weighted by Crippen LogP contribution is -2.46. The maximum Gasteiger partial charge on any atom is 0.255 e. The summed E-state index contributed by atoms with van der Waals surface area (Å²) < 4.78 is 0. The topological polar surface area (TPSA) is 53.4 Å². The minimum atomic E-state index is -0.394. The molecule has 2 rings (SSSR count). The molecule has 0 unspecified atom stereocenters.